The van der Waals surface area contributed by atoms with Crippen molar-refractivity contribution in [1.82, 2.24) is 9.55 Å². The summed E-state index contributed by atoms with van der Waals surface area (Å²) in [5, 5.41) is 3.85. The van der Waals surface area contributed by atoms with Crippen molar-refractivity contribution in [3.63, 3.8) is 0 Å². The van der Waals surface area contributed by atoms with Crippen molar-refractivity contribution in [2.45, 2.75) is 58.0 Å². The lowest BCUT2D eigenvalue weighted by Crippen LogP contribution is -2.26. The highest BCUT2D eigenvalue weighted by molar-refractivity contribution is 8.00. The maximum Gasteiger partial charge on any atom is 0.263 e. The van der Waals surface area contributed by atoms with Gasteiger partial charge in [0.15, 0.2) is 5.16 Å². The first kappa shape index (κ1) is 20.6. The molecule has 3 aromatic rings. The van der Waals surface area contributed by atoms with Crippen LogP contribution in [0.15, 0.2) is 34.2 Å². The number of amides is 1. The number of rotatable bonds is 6. The molecule has 7 heteroatoms. The second-order valence-corrected chi connectivity index (χ2v) is 9.22. The standard InChI is InChI=1S/C21H25N3O2S2/c1-6-15-8-10-16(11-9-15)22-18(25)14(5)28-21-23-19-17(12(3)13(4)27-19)20(26)24(21)7-2/h8-11,14H,6-7H2,1-5H3,(H,22,25)/t14-/m0/s1. The molecule has 0 aliphatic heterocycles. The summed E-state index contributed by atoms with van der Waals surface area (Å²) in [6, 6.07) is 7.85. The normalized spacial score (nSPS) is 12.3. The van der Waals surface area contributed by atoms with E-state index in [4.69, 9.17) is 4.98 Å². The number of fused-ring (bicyclic) bond motifs is 1. The van der Waals surface area contributed by atoms with E-state index < -0.39 is 0 Å². The van der Waals surface area contributed by atoms with E-state index in [2.05, 4.69) is 12.2 Å². The number of nitrogens with zero attached hydrogens (tertiary/aromatic N) is 2. The SMILES string of the molecule is CCc1ccc(NC(=O)[C@H](C)Sc2nc3sc(C)c(C)c3c(=O)n2CC)cc1. The maximum absolute atomic E-state index is 12.9. The Morgan fingerprint density at radius 2 is 1.93 bits per heavy atom. The lowest BCUT2D eigenvalue weighted by atomic mass is 10.1. The van der Waals surface area contributed by atoms with Gasteiger partial charge in [0, 0.05) is 17.1 Å². The van der Waals surface area contributed by atoms with Gasteiger partial charge in [0.05, 0.1) is 10.6 Å². The molecule has 3 rings (SSSR count). The number of aryl methyl sites for hydroxylation is 3. The molecule has 0 aliphatic rings. The summed E-state index contributed by atoms with van der Waals surface area (Å²) in [6.45, 7) is 10.3. The first-order valence-corrected chi connectivity index (χ1v) is 11.1. The molecule has 2 heterocycles. The Hall–Kier alpha value is -2.12. The lowest BCUT2D eigenvalue weighted by molar-refractivity contribution is -0.115. The maximum atomic E-state index is 12.9. The molecule has 0 aliphatic carbocycles. The number of carbonyl (C=O) groups is 1. The van der Waals surface area contributed by atoms with Gasteiger partial charge in [-0.25, -0.2) is 4.98 Å². The number of thiophene rings is 1. The minimum Gasteiger partial charge on any atom is -0.325 e. The van der Waals surface area contributed by atoms with E-state index in [0.29, 0.717) is 17.1 Å². The first-order valence-electron chi connectivity index (χ1n) is 9.42. The summed E-state index contributed by atoms with van der Waals surface area (Å²) in [6.07, 6.45) is 0.963. The van der Waals surface area contributed by atoms with Crippen LogP contribution in [-0.2, 0) is 17.8 Å². The Balaban J connectivity index is 1.84. The Kier molecular flexibility index (Phi) is 6.25. The van der Waals surface area contributed by atoms with Gasteiger partial charge in [-0.15, -0.1) is 11.3 Å². The predicted molar refractivity (Wildman–Crippen MR) is 119 cm³/mol. The van der Waals surface area contributed by atoms with Gasteiger partial charge >= 0.3 is 0 Å². The van der Waals surface area contributed by atoms with Crippen LogP contribution in [0.25, 0.3) is 10.2 Å². The van der Waals surface area contributed by atoms with Gasteiger partial charge in [-0.1, -0.05) is 30.8 Å². The van der Waals surface area contributed by atoms with Crippen LogP contribution in [0.3, 0.4) is 0 Å². The monoisotopic (exact) mass is 415 g/mol. The largest absolute Gasteiger partial charge is 0.325 e. The fourth-order valence-electron chi connectivity index (χ4n) is 2.96. The van der Waals surface area contributed by atoms with Gasteiger partial charge in [-0.3, -0.25) is 14.2 Å². The Labute approximate surface area is 173 Å². The number of benzene rings is 1. The Bertz CT molecular complexity index is 1070. The number of nitrogens with one attached hydrogen (secondary N) is 1. The van der Waals surface area contributed by atoms with Crippen molar-refractivity contribution >= 4 is 44.9 Å². The zero-order chi connectivity index (χ0) is 20.4. The summed E-state index contributed by atoms with van der Waals surface area (Å²) in [5.41, 5.74) is 2.97. The quantitative estimate of drug-likeness (QED) is 0.465. The van der Waals surface area contributed by atoms with E-state index in [1.165, 1.54) is 28.7 Å². The Morgan fingerprint density at radius 1 is 1.25 bits per heavy atom. The summed E-state index contributed by atoms with van der Waals surface area (Å²) in [7, 11) is 0. The molecule has 0 radical (unpaired) electrons. The van der Waals surface area contributed by atoms with E-state index in [0.717, 1.165) is 27.4 Å². The summed E-state index contributed by atoms with van der Waals surface area (Å²) in [5.74, 6) is -0.107. The van der Waals surface area contributed by atoms with Crippen molar-refractivity contribution in [3.05, 3.63) is 50.6 Å². The number of hydrogen-bond donors (Lipinski definition) is 1. The highest BCUT2D eigenvalue weighted by Crippen LogP contribution is 2.30. The lowest BCUT2D eigenvalue weighted by Gasteiger charge is -2.15. The number of thioether (sulfide) groups is 1. The molecule has 1 aromatic carbocycles. The fraction of sp³-hybridized carbons (Fsp3) is 0.381. The van der Waals surface area contributed by atoms with E-state index >= 15 is 0 Å². The summed E-state index contributed by atoms with van der Waals surface area (Å²) >= 11 is 2.85. The van der Waals surface area contributed by atoms with Crippen molar-refractivity contribution < 1.29 is 4.79 Å². The first-order chi connectivity index (χ1) is 13.3. The van der Waals surface area contributed by atoms with Crippen molar-refractivity contribution in [2.75, 3.05) is 5.32 Å². The molecule has 0 saturated heterocycles. The van der Waals surface area contributed by atoms with Gasteiger partial charge < -0.3 is 5.32 Å². The summed E-state index contributed by atoms with van der Waals surface area (Å²) in [4.78, 5) is 32.1. The van der Waals surface area contributed by atoms with Crippen LogP contribution in [0.1, 0.15) is 36.8 Å². The third-order valence-electron chi connectivity index (χ3n) is 4.85. The Morgan fingerprint density at radius 3 is 2.54 bits per heavy atom. The van der Waals surface area contributed by atoms with Crippen molar-refractivity contribution in [2.24, 2.45) is 0 Å². The van der Waals surface area contributed by atoms with Crippen LogP contribution in [0.4, 0.5) is 5.69 Å². The van der Waals surface area contributed by atoms with Crippen molar-refractivity contribution in [1.29, 1.82) is 0 Å². The highest BCUT2D eigenvalue weighted by Gasteiger charge is 2.21. The van der Waals surface area contributed by atoms with Crippen LogP contribution in [-0.4, -0.2) is 20.7 Å². The molecular weight excluding hydrogens is 390 g/mol. The molecule has 5 nitrogen and oxygen atoms in total. The smallest absolute Gasteiger partial charge is 0.263 e. The molecule has 1 atom stereocenters. The third kappa shape index (κ3) is 4.00. The molecular formula is C21H25N3O2S2. The van der Waals surface area contributed by atoms with E-state index in [-0.39, 0.29) is 16.7 Å². The molecule has 0 saturated carbocycles. The molecule has 2 aromatic heterocycles. The minimum atomic E-state index is -0.379. The van der Waals surface area contributed by atoms with Gasteiger partial charge in [0.25, 0.3) is 5.56 Å². The van der Waals surface area contributed by atoms with Gasteiger partial charge in [-0.05, 0) is 57.4 Å². The van der Waals surface area contributed by atoms with Gasteiger partial charge in [0.2, 0.25) is 5.91 Å². The minimum absolute atomic E-state index is 0.0281. The number of aromatic nitrogens is 2. The van der Waals surface area contributed by atoms with Gasteiger partial charge in [0.1, 0.15) is 4.83 Å². The second-order valence-electron chi connectivity index (χ2n) is 6.71. The van der Waals surface area contributed by atoms with Crippen LogP contribution in [0.2, 0.25) is 0 Å². The van der Waals surface area contributed by atoms with Crippen LogP contribution in [0.5, 0.6) is 0 Å². The third-order valence-corrected chi connectivity index (χ3v) is 7.04. The average molecular weight is 416 g/mol. The number of carbonyl (C=O) groups excluding carboxylic acids is 1. The van der Waals surface area contributed by atoms with Crippen LogP contribution in [0, 0.1) is 13.8 Å². The zero-order valence-electron chi connectivity index (χ0n) is 16.8. The topological polar surface area (TPSA) is 64.0 Å². The molecule has 0 bridgehead atoms. The molecule has 148 valence electrons. The average Bonchev–Trinajstić information content (AvgIpc) is 2.96. The molecule has 1 amide bonds. The summed E-state index contributed by atoms with van der Waals surface area (Å²) < 4.78 is 1.66. The molecule has 0 unspecified atom stereocenters. The van der Waals surface area contributed by atoms with Crippen LogP contribution >= 0.6 is 23.1 Å². The fourth-order valence-corrected chi connectivity index (χ4v) is 5.00. The zero-order valence-corrected chi connectivity index (χ0v) is 18.5. The molecule has 28 heavy (non-hydrogen) atoms. The highest BCUT2D eigenvalue weighted by atomic mass is 32.2. The van der Waals surface area contributed by atoms with E-state index in [1.54, 1.807) is 4.57 Å². The van der Waals surface area contributed by atoms with E-state index in [9.17, 15) is 9.59 Å². The molecule has 0 spiro atoms. The number of anilines is 1. The number of hydrogen-bond acceptors (Lipinski definition) is 5. The molecule has 1 N–H and O–H groups in total. The van der Waals surface area contributed by atoms with E-state index in [1.807, 2.05) is 52.0 Å². The second kappa shape index (κ2) is 8.49. The van der Waals surface area contributed by atoms with Crippen LogP contribution < -0.4 is 10.9 Å². The molecule has 0 fully saturated rings. The predicted octanol–water partition coefficient (Wildman–Crippen LogP) is 4.78. The van der Waals surface area contributed by atoms with Gasteiger partial charge in [-0.2, -0.15) is 0 Å². The van der Waals surface area contributed by atoms with Crippen molar-refractivity contribution in [3.8, 4) is 0 Å².